The minimum absolute atomic E-state index is 0.214. The molecule has 0 aliphatic carbocycles. The van der Waals surface area contributed by atoms with Crippen LogP contribution >= 0.6 is 22.9 Å². The van der Waals surface area contributed by atoms with Crippen LogP contribution < -0.4 is 4.74 Å². The molecular formula is C13H17ClN2O3S. The van der Waals surface area contributed by atoms with Crippen molar-refractivity contribution in [2.75, 3.05) is 33.5 Å². The Labute approximate surface area is 126 Å². The Balaban J connectivity index is 1.86. The number of nitrogens with zero attached hydrogens (tertiary/aromatic N) is 2. The molecule has 20 heavy (non-hydrogen) atoms. The molecule has 2 heterocycles. The van der Waals surface area contributed by atoms with Gasteiger partial charge in [0, 0.05) is 25.0 Å². The highest BCUT2D eigenvalue weighted by molar-refractivity contribution is 7.18. The van der Waals surface area contributed by atoms with Gasteiger partial charge in [0.05, 0.1) is 25.2 Å². The average molecular weight is 317 g/mol. The van der Waals surface area contributed by atoms with Crippen LogP contribution in [0.3, 0.4) is 0 Å². The maximum atomic E-state index is 5.90. The van der Waals surface area contributed by atoms with Crippen molar-refractivity contribution in [3.8, 4) is 5.88 Å². The summed E-state index contributed by atoms with van der Waals surface area (Å²) in [5.74, 6) is 0.543. The van der Waals surface area contributed by atoms with Gasteiger partial charge in [0.1, 0.15) is 4.83 Å². The highest BCUT2D eigenvalue weighted by Gasteiger charge is 2.10. The molecule has 5 nitrogen and oxygen atoms in total. The van der Waals surface area contributed by atoms with Crippen molar-refractivity contribution >= 4 is 33.2 Å². The van der Waals surface area contributed by atoms with Gasteiger partial charge in [0.15, 0.2) is 0 Å². The number of halogens is 1. The third kappa shape index (κ3) is 4.28. The van der Waals surface area contributed by atoms with E-state index in [-0.39, 0.29) is 5.28 Å². The minimum atomic E-state index is 0.214. The molecule has 2 rings (SSSR count). The summed E-state index contributed by atoms with van der Waals surface area (Å²) < 4.78 is 15.9. The number of hydrogen-bond acceptors (Lipinski definition) is 6. The topological polar surface area (TPSA) is 53.5 Å². The number of fused-ring (bicyclic) bond motifs is 1. The molecule has 0 atom stereocenters. The van der Waals surface area contributed by atoms with Gasteiger partial charge in [-0.1, -0.05) is 0 Å². The lowest BCUT2D eigenvalue weighted by molar-refractivity contribution is 0.0643. The van der Waals surface area contributed by atoms with E-state index in [1.165, 1.54) is 0 Å². The van der Waals surface area contributed by atoms with Crippen molar-refractivity contribution in [1.82, 2.24) is 9.97 Å². The summed E-state index contributed by atoms with van der Waals surface area (Å²) in [5, 5.41) is 1.13. The summed E-state index contributed by atoms with van der Waals surface area (Å²) in [5.41, 5.74) is 0. The van der Waals surface area contributed by atoms with E-state index < -0.39 is 0 Å². The van der Waals surface area contributed by atoms with Crippen LogP contribution in [0.15, 0.2) is 6.07 Å². The van der Waals surface area contributed by atoms with Crippen molar-refractivity contribution in [2.24, 2.45) is 0 Å². The highest BCUT2D eigenvalue weighted by Crippen LogP contribution is 2.30. The Kier molecular flexibility index (Phi) is 5.97. The lowest BCUT2D eigenvalue weighted by Crippen LogP contribution is -2.07. The minimum Gasteiger partial charge on any atom is -0.477 e. The molecule has 0 spiro atoms. The Hall–Kier alpha value is -0.950. The van der Waals surface area contributed by atoms with E-state index in [1.54, 1.807) is 18.4 Å². The third-order valence-electron chi connectivity index (χ3n) is 2.56. The summed E-state index contributed by atoms with van der Waals surface area (Å²) in [6.45, 7) is 4.40. The summed E-state index contributed by atoms with van der Waals surface area (Å²) >= 11 is 7.48. The molecule has 0 aromatic carbocycles. The molecule has 7 heteroatoms. The fraction of sp³-hybridized carbons (Fsp3) is 0.538. The number of hydrogen-bond donors (Lipinski definition) is 0. The van der Waals surface area contributed by atoms with Crippen molar-refractivity contribution < 1.29 is 14.2 Å². The van der Waals surface area contributed by atoms with E-state index in [2.05, 4.69) is 9.97 Å². The largest absolute Gasteiger partial charge is 0.477 e. The fourth-order valence-electron chi connectivity index (χ4n) is 1.68. The fourth-order valence-corrected chi connectivity index (χ4v) is 2.76. The molecule has 0 unspecified atom stereocenters. The first-order valence-electron chi connectivity index (χ1n) is 6.34. The molecule has 0 radical (unpaired) electrons. The number of methoxy groups -OCH3 is 1. The first-order valence-corrected chi connectivity index (χ1v) is 7.53. The molecule has 0 aliphatic heterocycles. The van der Waals surface area contributed by atoms with E-state index >= 15 is 0 Å². The van der Waals surface area contributed by atoms with Crippen LogP contribution in [0.4, 0.5) is 0 Å². The van der Waals surface area contributed by atoms with Gasteiger partial charge < -0.3 is 14.2 Å². The normalized spacial score (nSPS) is 11.2. The van der Waals surface area contributed by atoms with Gasteiger partial charge >= 0.3 is 0 Å². The molecule has 2 aromatic rings. The van der Waals surface area contributed by atoms with Crippen molar-refractivity contribution in [2.45, 2.75) is 13.3 Å². The summed E-state index contributed by atoms with van der Waals surface area (Å²) in [6.07, 6.45) is 0.788. The highest BCUT2D eigenvalue weighted by atomic mass is 35.5. The molecule has 0 bridgehead atoms. The molecule has 2 aromatic heterocycles. The van der Waals surface area contributed by atoms with Gasteiger partial charge in [0.2, 0.25) is 11.2 Å². The maximum absolute atomic E-state index is 5.90. The second-order valence-electron chi connectivity index (χ2n) is 4.18. The Morgan fingerprint density at radius 2 is 2.05 bits per heavy atom. The average Bonchev–Trinajstić information content (AvgIpc) is 2.77. The molecule has 110 valence electrons. The number of thiophene rings is 1. The Morgan fingerprint density at radius 3 is 2.85 bits per heavy atom. The SMILES string of the molecule is COCCOCCCOc1nc(Cl)nc2sc(C)cc12. The van der Waals surface area contributed by atoms with Crippen LogP contribution in [0.25, 0.3) is 10.2 Å². The third-order valence-corrected chi connectivity index (χ3v) is 3.67. The second-order valence-corrected chi connectivity index (χ2v) is 5.75. The van der Waals surface area contributed by atoms with E-state index in [0.29, 0.717) is 32.3 Å². The van der Waals surface area contributed by atoms with Crippen molar-refractivity contribution in [3.05, 3.63) is 16.2 Å². The van der Waals surface area contributed by atoms with Crippen LogP contribution in [0.5, 0.6) is 5.88 Å². The van der Waals surface area contributed by atoms with Crippen LogP contribution in [-0.2, 0) is 9.47 Å². The zero-order valence-corrected chi connectivity index (χ0v) is 13.1. The van der Waals surface area contributed by atoms with Gasteiger partial charge in [-0.2, -0.15) is 4.98 Å². The quantitative estimate of drug-likeness (QED) is 0.553. The van der Waals surface area contributed by atoms with E-state index in [4.69, 9.17) is 25.8 Å². The molecule has 0 aliphatic rings. The summed E-state index contributed by atoms with van der Waals surface area (Å²) in [6, 6.07) is 2.01. The van der Waals surface area contributed by atoms with Crippen molar-refractivity contribution in [3.63, 3.8) is 0 Å². The smallest absolute Gasteiger partial charge is 0.227 e. The zero-order chi connectivity index (χ0) is 14.4. The Bertz CT molecular complexity index is 562. The predicted octanol–water partition coefficient (Wildman–Crippen LogP) is 3.09. The molecule has 0 N–H and O–H groups in total. The molecule has 0 saturated carbocycles. The Morgan fingerprint density at radius 1 is 1.20 bits per heavy atom. The van der Waals surface area contributed by atoms with Crippen LogP contribution in [-0.4, -0.2) is 43.5 Å². The van der Waals surface area contributed by atoms with Gasteiger partial charge in [-0.05, 0) is 24.6 Å². The first-order chi connectivity index (χ1) is 9.70. The zero-order valence-electron chi connectivity index (χ0n) is 11.5. The number of rotatable bonds is 8. The molecular weight excluding hydrogens is 300 g/mol. The maximum Gasteiger partial charge on any atom is 0.227 e. The summed E-state index contributed by atoms with van der Waals surface area (Å²) in [4.78, 5) is 10.3. The van der Waals surface area contributed by atoms with Crippen molar-refractivity contribution in [1.29, 1.82) is 0 Å². The lowest BCUT2D eigenvalue weighted by atomic mass is 10.3. The molecule has 0 saturated heterocycles. The predicted molar refractivity (Wildman–Crippen MR) is 80.0 cm³/mol. The first kappa shape index (κ1) is 15.4. The van der Waals surface area contributed by atoms with Gasteiger partial charge in [-0.15, -0.1) is 11.3 Å². The van der Waals surface area contributed by atoms with E-state index in [0.717, 1.165) is 21.5 Å². The molecule has 0 fully saturated rings. The standard InChI is InChI=1S/C13H17ClN2O3S/c1-9-8-10-11(15-13(14)16-12(10)20-9)19-5-3-4-18-7-6-17-2/h8H,3-7H2,1-2H3. The van der Waals surface area contributed by atoms with Crippen LogP contribution in [0.2, 0.25) is 5.28 Å². The lowest BCUT2D eigenvalue weighted by Gasteiger charge is -2.07. The van der Waals surface area contributed by atoms with E-state index in [1.807, 2.05) is 13.0 Å². The number of aryl methyl sites for hydroxylation is 1. The molecule has 0 amide bonds. The monoisotopic (exact) mass is 316 g/mol. The number of aromatic nitrogens is 2. The van der Waals surface area contributed by atoms with Crippen LogP contribution in [0.1, 0.15) is 11.3 Å². The second kappa shape index (κ2) is 7.73. The van der Waals surface area contributed by atoms with Gasteiger partial charge in [0.25, 0.3) is 0 Å². The van der Waals surface area contributed by atoms with Gasteiger partial charge in [-0.25, -0.2) is 4.98 Å². The number of ether oxygens (including phenoxy) is 3. The van der Waals surface area contributed by atoms with Crippen LogP contribution in [0, 0.1) is 6.92 Å². The van der Waals surface area contributed by atoms with Gasteiger partial charge in [-0.3, -0.25) is 0 Å². The summed E-state index contributed by atoms with van der Waals surface area (Å²) in [7, 11) is 1.65. The van der Waals surface area contributed by atoms with E-state index in [9.17, 15) is 0 Å².